The van der Waals surface area contributed by atoms with E-state index >= 15 is 0 Å². The molecular weight excluding hydrogens is 230 g/mol. The number of aromatic nitrogens is 2. The first-order valence-electron chi connectivity index (χ1n) is 6.05. The molecule has 0 aromatic carbocycles. The smallest absolute Gasteiger partial charge is 0.0935 e. The Labute approximate surface area is 106 Å². The molecule has 92 valence electrons. The maximum atomic E-state index is 4.69. The molecule has 0 spiro atoms. The van der Waals surface area contributed by atoms with Crippen LogP contribution in [0.4, 0.5) is 0 Å². The summed E-state index contributed by atoms with van der Waals surface area (Å²) in [5.41, 5.74) is 2.26. The number of rotatable bonds is 6. The van der Waals surface area contributed by atoms with Gasteiger partial charge in [-0.25, -0.2) is 4.98 Å². The highest BCUT2D eigenvalue weighted by atomic mass is 32.1. The highest BCUT2D eigenvalue weighted by Crippen LogP contribution is 2.23. The van der Waals surface area contributed by atoms with E-state index in [0.29, 0.717) is 5.92 Å². The van der Waals surface area contributed by atoms with Crippen LogP contribution in [0.1, 0.15) is 18.4 Å². The van der Waals surface area contributed by atoms with Crippen molar-refractivity contribution in [3.05, 3.63) is 28.8 Å². The van der Waals surface area contributed by atoms with Gasteiger partial charge in [-0.2, -0.15) is 0 Å². The zero-order chi connectivity index (χ0) is 12.1. The molecule has 17 heavy (non-hydrogen) atoms. The predicted molar refractivity (Wildman–Crippen MR) is 73.3 cm³/mol. The Bertz CT molecular complexity index is 433. The Hall–Kier alpha value is -1.13. The summed E-state index contributed by atoms with van der Waals surface area (Å²) in [5.74, 6) is 0.685. The van der Waals surface area contributed by atoms with Crippen molar-refractivity contribution in [3.63, 3.8) is 0 Å². The van der Waals surface area contributed by atoms with Crippen molar-refractivity contribution in [2.24, 2.45) is 5.92 Å². The van der Waals surface area contributed by atoms with Gasteiger partial charge in [0.05, 0.1) is 10.7 Å². The van der Waals surface area contributed by atoms with E-state index in [1.54, 1.807) is 11.3 Å². The van der Waals surface area contributed by atoms with Crippen LogP contribution in [0.5, 0.6) is 0 Å². The lowest BCUT2D eigenvalue weighted by atomic mass is 10.0. The Morgan fingerprint density at radius 2 is 2.41 bits per heavy atom. The predicted octanol–water partition coefficient (Wildman–Crippen LogP) is 2.93. The molecule has 0 fully saturated rings. The van der Waals surface area contributed by atoms with Crippen LogP contribution < -0.4 is 5.32 Å². The Morgan fingerprint density at radius 3 is 3.06 bits per heavy atom. The normalized spacial score (nSPS) is 12.8. The molecule has 0 saturated carbocycles. The van der Waals surface area contributed by atoms with Crippen molar-refractivity contribution in [3.8, 4) is 11.3 Å². The zero-order valence-electron chi connectivity index (χ0n) is 10.4. The van der Waals surface area contributed by atoms with E-state index in [9.17, 15) is 0 Å². The maximum Gasteiger partial charge on any atom is 0.0935 e. The monoisotopic (exact) mass is 249 g/mol. The molecule has 0 aliphatic heterocycles. The van der Waals surface area contributed by atoms with Gasteiger partial charge in [-0.1, -0.05) is 13.3 Å². The highest BCUT2D eigenvalue weighted by molar-refractivity contribution is 7.09. The third-order valence-electron chi connectivity index (χ3n) is 2.98. The minimum atomic E-state index is 0.685. The number of H-pyrrole nitrogens is 1. The summed E-state index contributed by atoms with van der Waals surface area (Å²) in [6.45, 7) is 3.30. The molecule has 2 heterocycles. The largest absolute Gasteiger partial charge is 0.367 e. The molecule has 2 aromatic heterocycles. The molecule has 1 atom stereocenters. The molecular formula is C13H19N3S. The molecule has 2 rings (SSSR count). The molecule has 1 unspecified atom stereocenters. The number of hydrogen-bond acceptors (Lipinski definition) is 3. The number of hydrogen-bond donors (Lipinski definition) is 2. The van der Waals surface area contributed by atoms with E-state index in [0.717, 1.165) is 18.7 Å². The fourth-order valence-corrected chi connectivity index (χ4v) is 2.84. The van der Waals surface area contributed by atoms with Gasteiger partial charge in [0.15, 0.2) is 0 Å². The van der Waals surface area contributed by atoms with E-state index in [-0.39, 0.29) is 0 Å². The molecule has 0 amide bonds. The summed E-state index contributed by atoms with van der Waals surface area (Å²) in [5, 5.41) is 6.63. The van der Waals surface area contributed by atoms with Gasteiger partial charge in [0.1, 0.15) is 0 Å². The minimum absolute atomic E-state index is 0.685. The third-order valence-corrected chi connectivity index (χ3v) is 3.85. The van der Waals surface area contributed by atoms with E-state index in [1.807, 2.05) is 19.4 Å². The SMILES string of the molecule is CCC(CNC)Cc1nc(-c2cc[nH]c2)cs1. The summed E-state index contributed by atoms with van der Waals surface area (Å²) in [6.07, 6.45) is 6.19. The van der Waals surface area contributed by atoms with Crippen LogP contribution >= 0.6 is 11.3 Å². The number of thiazole rings is 1. The van der Waals surface area contributed by atoms with Crippen LogP contribution in [-0.4, -0.2) is 23.6 Å². The van der Waals surface area contributed by atoms with Crippen LogP contribution in [0.25, 0.3) is 11.3 Å². The average molecular weight is 249 g/mol. The molecule has 4 heteroatoms. The topological polar surface area (TPSA) is 40.7 Å². The summed E-state index contributed by atoms with van der Waals surface area (Å²) < 4.78 is 0. The average Bonchev–Trinajstić information content (AvgIpc) is 2.98. The molecule has 0 aliphatic rings. The lowest BCUT2D eigenvalue weighted by molar-refractivity contribution is 0.480. The Balaban J connectivity index is 2.03. The van der Waals surface area contributed by atoms with Gasteiger partial charge in [-0.3, -0.25) is 0 Å². The van der Waals surface area contributed by atoms with Gasteiger partial charge in [0.2, 0.25) is 0 Å². The first-order valence-corrected chi connectivity index (χ1v) is 6.93. The van der Waals surface area contributed by atoms with E-state index in [4.69, 9.17) is 4.98 Å². The van der Waals surface area contributed by atoms with E-state index in [1.165, 1.54) is 17.0 Å². The molecule has 3 nitrogen and oxygen atoms in total. The Kier molecular flexibility index (Phi) is 4.34. The number of nitrogens with one attached hydrogen (secondary N) is 2. The van der Waals surface area contributed by atoms with Gasteiger partial charge in [0, 0.05) is 29.8 Å². The minimum Gasteiger partial charge on any atom is -0.367 e. The first kappa shape index (κ1) is 12.3. The van der Waals surface area contributed by atoms with Crippen molar-refractivity contribution in [2.75, 3.05) is 13.6 Å². The number of nitrogens with zero attached hydrogens (tertiary/aromatic N) is 1. The summed E-state index contributed by atoms with van der Waals surface area (Å²) in [6, 6.07) is 2.06. The van der Waals surface area contributed by atoms with Crippen LogP contribution in [-0.2, 0) is 6.42 Å². The molecule has 0 radical (unpaired) electrons. The van der Waals surface area contributed by atoms with Gasteiger partial charge in [-0.15, -0.1) is 11.3 Å². The molecule has 2 aromatic rings. The van der Waals surface area contributed by atoms with Crippen molar-refractivity contribution >= 4 is 11.3 Å². The van der Waals surface area contributed by atoms with Gasteiger partial charge < -0.3 is 10.3 Å². The second-order valence-corrected chi connectivity index (χ2v) is 5.20. The first-order chi connectivity index (χ1) is 8.33. The van der Waals surface area contributed by atoms with E-state index in [2.05, 4.69) is 28.7 Å². The summed E-state index contributed by atoms with van der Waals surface area (Å²) in [7, 11) is 2.01. The zero-order valence-corrected chi connectivity index (χ0v) is 11.2. The highest BCUT2D eigenvalue weighted by Gasteiger charge is 2.10. The number of aromatic amines is 1. The van der Waals surface area contributed by atoms with Gasteiger partial charge >= 0.3 is 0 Å². The molecule has 0 saturated heterocycles. The molecule has 2 N–H and O–H groups in total. The second-order valence-electron chi connectivity index (χ2n) is 4.26. The Morgan fingerprint density at radius 1 is 1.53 bits per heavy atom. The van der Waals surface area contributed by atoms with Gasteiger partial charge in [-0.05, 0) is 25.6 Å². The lowest BCUT2D eigenvalue weighted by Gasteiger charge is -2.11. The second kappa shape index (κ2) is 5.98. The van der Waals surface area contributed by atoms with Crippen molar-refractivity contribution in [1.82, 2.24) is 15.3 Å². The van der Waals surface area contributed by atoms with E-state index < -0.39 is 0 Å². The fourth-order valence-electron chi connectivity index (χ4n) is 1.92. The van der Waals surface area contributed by atoms with Crippen molar-refractivity contribution in [2.45, 2.75) is 19.8 Å². The summed E-state index contributed by atoms with van der Waals surface area (Å²) >= 11 is 1.76. The van der Waals surface area contributed by atoms with Crippen LogP contribution in [0.2, 0.25) is 0 Å². The van der Waals surface area contributed by atoms with Crippen LogP contribution in [0, 0.1) is 5.92 Å². The lowest BCUT2D eigenvalue weighted by Crippen LogP contribution is -2.19. The quantitative estimate of drug-likeness (QED) is 0.826. The van der Waals surface area contributed by atoms with Crippen molar-refractivity contribution in [1.29, 1.82) is 0 Å². The van der Waals surface area contributed by atoms with Crippen LogP contribution in [0.15, 0.2) is 23.8 Å². The molecule has 0 bridgehead atoms. The maximum absolute atomic E-state index is 4.69. The third kappa shape index (κ3) is 3.17. The van der Waals surface area contributed by atoms with Crippen LogP contribution in [0.3, 0.4) is 0 Å². The van der Waals surface area contributed by atoms with Crippen molar-refractivity contribution < 1.29 is 0 Å². The standard InChI is InChI=1S/C13H19N3S/c1-3-10(7-14-2)6-13-16-12(9-17-13)11-4-5-15-8-11/h4-5,8-10,14-15H,3,6-7H2,1-2H3. The summed E-state index contributed by atoms with van der Waals surface area (Å²) in [4.78, 5) is 7.76. The molecule has 0 aliphatic carbocycles. The van der Waals surface area contributed by atoms with Gasteiger partial charge in [0.25, 0.3) is 0 Å². The fraction of sp³-hybridized carbons (Fsp3) is 0.462.